The number of phenols is 1. The van der Waals surface area contributed by atoms with Crippen molar-refractivity contribution in [3.05, 3.63) is 129 Å². The van der Waals surface area contributed by atoms with Crippen LogP contribution in [-0.4, -0.2) is 34.7 Å². The van der Waals surface area contributed by atoms with Crippen LogP contribution in [0.5, 0.6) is 5.75 Å². The molecule has 11 heteroatoms. The second-order valence-electron chi connectivity index (χ2n) is 10.1. The van der Waals surface area contributed by atoms with Gasteiger partial charge in [-0.1, -0.05) is 59.6 Å². The van der Waals surface area contributed by atoms with E-state index in [1.54, 1.807) is 41.3 Å². The fraction of sp³-hybridized carbons (Fsp3) is 0.194. The highest BCUT2D eigenvalue weighted by atomic mass is 35.5. The van der Waals surface area contributed by atoms with Crippen LogP contribution in [0.4, 0.5) is 8.78 Å². The van der Waals surface area contributed by atoms with Gasteiger partial charge in [0.1, 0.15) is 16.5 Å². The van der Waals surface area contributed by atoms with Crippen LogP contribution >= 0.6 is 23.2 Å². The molecule has 0 aromatic heterocycles. The van der Waals surface area contributed by atoms with Gasteiger partial charge >= 0.3 is 0 Å². The largest absolute Gasteiger partial charge is 0.505 e. The summed E-state index contributed by atoms with van der Waals surface area (Å²) in [5.74, 6) is -1.62. The molecule has 218 valence electrons. The van der Waals surface area contributed by atoms with Gasteiger partial charge in [-0.15, -0.1) is 0 Å². The average molecular weight is 632 g/mol. The van der Waals surface area contributed by atoms with Crippen LogP contribution in [-0.2, 0) is 29.7 Å². The monoisotopic (exact) mass is 630 g/mol. The first kappa shape index (κ1) is 30.0. The van der Waals surface area contributed by atoms with E-state index in [2.05, 4.69) is 0 Å². The maximum Gasteiger partial charge on any atom is 0.254 e. The van der Waals surface area contributed by atoms with E-state index in [0.29, 0.717) is 23.2 Å². The van der Waals surface area contributed by atoms with E-state index < -0.39 is 26.5 Å². The number of aromatic hydroxyl groups is 1. The molecule has 1 fully saturated rings. The minimum atomic E-state index is -4.34. The molecule has 42 heavy (non-hydrogen) atoms. The van der Waals surface area contributed by atoms with Crippen molar-refractivity contribution >= 4 is 39.1 Å². The molecule has 0 atom stereocenters. The average Bonchev–Trinajstić information content (AvgIpc) is 3.81. The molecule has 1 N–H and O–H groups in total. The standard InChI is InChI=1S/C31H26Cl2F2N2O4S/c32-24-15-28(33)30(38)29(16-24)42(40,41)36(18-21-3-9-25(34)10-4-21)17-20-1-7-23(8-2-20)31(39)37(27-13-14-27)19-22-5-11-26(35)12-6-22/h1-12,15-16,27,38H,13-14,17-19H2. The number of sulfonamides is 1. The molecular formula is C31H26Cl2F2N2O4S. The van der Waals surface area contributed by atoms with Crippen LogP contribution in [0.15, 0.2) is 89.8 Å². The molecule has 4 aromatic carbocycles. The fourth-order valence-corrected chi connectivity index (χ4v) is 6.72. The maximum atomic E-state index is 13.8. The lowest BCUT2D eigenvalue weighted by atomic mass is 10.1. The molecule has 4 aromatic rings. The van der Waals surface area contributed by atoms with Gasteiger partial charge in [0.25, 0.3) is 5.91 Å². The zero-order valence-corrected chi connectivity index (χ0v) is 24.5. The molecule has 6 nitrogen and oxygen atoms in total. The van der Waals surface area contributed by atoms with Crippen molar-refractivity contribution in [3.8, 4) is 5.75 Å². The van der Waals surface area contributed by atoms with Crippen molar-refractivity contribution in [2.75, 3.05) is 0 Å². The molecule has 5 rings (SSSR count). The van der Waals surface area contributed by atoms with Gasteiger partial charge in [0.05, 0.1) is 5.02 Å². The minimum Gasteiger partial charge on any atom is -0.505 e. The Morgan fingerprint density at radius 2 is 1.26 bits per heavy atom. The van der Waals surface area contributed by atoms with E-state index in [1.807, 2.05) is 0 Å². The van der Waals surface area contributed by atoms with Crippen molar-refractivity contribution in [1.29, 1.82) is 0 Å². The molecule has 1 aliphatic carbocycles. The number of amides is 1. The Morgan fingerprint density at radius 3 is 1.76 bits per heavy atom. The summed E-state index contributed by atoms with van der Waals surface area (Å²) in [6.45, 7) is 0.0839. The molecule has 0 saturated heterocycles. The van der Waals surface area contributed by atoms with Gasteiger partial charge in [-0.05, 0) is 78.1 Å². The third kappa shape index (κ3) is 6.93. The number of carbonyl (C=O) groups is 1. The lowest BCUT2D eigenvalue weighted by molar-refractivity contribution is 0.0730. The van der Waals surface area contributed by atoms with Crippen LogP contribution in [0.25, 0.3) is 0 Å². The molecule has 0 spiro atoms. The van der Waals surface area contributed by atoms with Crippen LogP contribution in [0, 0.1) is 11.6 Å². The zero-order chi connectivity index (χ0) is 30.0. The molecule has 1 amide bonds. The number of hydrogen-bond donors (Lipinski definition) is 1. The Kier molecular flexibility index (Phi) is 8.84. The van der Waals surface area contributed by atoms with E-state index in [1.165, 1.54) is 42.5 Å². The normalized spacial score (nSPS) is 13.4. The van der Waals surface area contributed by atoms with Gasteiger partial charge in [0, 0.05) is 36.3 Å². The van der Waals surface area contributed by atoms with Crippen LogP contribution in [0.3, 0.4) is 0 Å². The Balaban J connectivity index is 1.40. The topological polar surface area (TPSA) is 77.9 Å². The van der Waals surface area contributed by atoms with Gasteiger partial charge in [0.15, 0.2) is 5.75 Å². The highest BCUT2D eigenvalue weighted by Crippen LogP contribution is 2.37. The summed E-state index contributed by atoms with van der Waals surface area (Å²) in [5, 5.41) is 10.3. The second-order valence-corrected chi connectivity index (χ2v) is 12.9. The molecular weight excluding hydrogens is 605 g/mol. The molecule has 0 aliphatic heterocycles. The third-order valence-electron chi connectivity index (χ3n) is 6.96. The van der Waals surface area contributed by atoms with E-state index in [-0.39, 0.29) is 40.9 Å². The number of carbonyl (C=O) groups excluding carboxylic acids is 1. The highest BCUT2D eigenvalue weighted by molar-refractivity contribution is 7.89. The number of phenolic OH excluding ortho intramolecular Hbond substituents is 1. The van der Waals surface area contributed by atoms with Crippen LogP contribution < -0.4 is 0 Å². The summed E-state index contributed by atoms with van der Waals surface area (Å²) in [6, 6.07) is 20.5. The van der Waals surface area contributed by atoms with Crippen molar-refractivity contribution in [1.82, 2.24) is 9.21 Å². The third-order valence-corrected chi connectivity index (χ3v) is 9.27. The molecule has 0 heterocycles. The SMILES string of the molecule is O=C(c1ccc(CN(Cc2ccc(F)cc2)S(=O)(=O)c2cc(Cl)cc(Cl)c2O)cc1)N(Cc1ccc(F)cc1)C1CC1. The summed E-state index contributed by atoms with van der Waals surface area (Å²) in [4.78, 5) is 14.7. The predicted molar refractivity (Wildman–Crippen MR) is 157 cm³/mol. The maximum absolute atomic E-state index is 13.8. The van der Waals surface area contributed by atoms with E-state index >= 15 is 0 Å². The van der Waals surface area contributed by atoms with E-state index in [9.17, 15) is 27.1 Å². The first-order chi connectivity index (χ1) is 20.0. The smallest absolute Gasteiger partial charge is 0.254 e. The van der Waals surface area contributed by atoms with Crippen molar-refractivity contribution in [2.24, 2.45) is 0 Å². The summed E-state index contributed by atoms with van der Waals surface area (Å²) >= 11 is 12.1. The molecule has 1 saturated carbocycles. The van der Waals surface area contributed by atoms with Gasteiger partial charge in [0.2, 0.25) is 10.0 Å². The highest BCUT2D eigenvalue weighted by Gasteiger charge is 2.33. The summed E-state index contributed by atoms with van der Waals surface area (Å²) in [7, 11) is -4.34. The molecule has 1 aliphatic rings. The van der Waals surface area contributed by atoms with Gasteiger partial charge < -0.3 is 10.0 Å². The summed E-state index contributed by atoms with van der Waals surface area (Å²) in [5.41, 5.74) is 2.33. The molecule has 0 radical (unpaired) electrons. The Morgan fingerprint density at radius 1 is 0.786 bits per heavy atom. The lowest BCUT2D eigenvalue weighted by Gasteiger charge is -2.24. The molecule has 0 unspecified atom stereocenters. The second kappa shape index (κ2) is 12.4. The van der Waals surface area contributed by atoms with Gasteiger partial charge in [-0.2, -0.15) is 4.31 Å². The number of rotatable bonds is 10. The number of benzene rings is 4. The number of hydrogen-bond acceptors (Lipinski definition) is 4. The number of halogens is 4. The quantitative estimate of drug-likeness (QED) is 0.201. The Labute approximate surface area is 252 Å². The summed E-state index contributed by atoms with van der Waals surface area (Å²) in [6.07, 6.45) is 1.78. The fourth-order valence-electron chi connectivity index (χ4n) is 4.56. The first-order valence-electron chi connectivity index (χ1n) is 13.1. The Hall–Kier alpha value is -3.50. The van der Waals surface area contributed by atoms with Crippen LogP contribution in [0.1, 0.15) is 39.9 Å². The van der Waals surface area contributed by atoms with Gasteiger partial charge in [-0.3, -0.25) is 4.79 Å². The van der Waals surface area contributed by atoms with Crippen molar-refractivity contribution < 1.29 is 27.1 Å². The summed E-state index contributed by atoms with van der Waals surface area (Å²) < 4.78 is 55.5. The predicted octanol–water partition coefficient (Wildman–Crippen LogP) is 7.17. The van der Waals surface area contributed by atoms with Crippen molar-refractivity contribution in [2.45, 2.75) is 43.4 Å². The first-order valence-corrected chi connectivity index (χ1v) is 15.3. The molecule has 0 bridgehead atoms. The van der Waals surface area contributed by atoms with E-state index in [4.69, 9.17) is 23.2 Å². The number of nitrogens with zero attached hydrogens (tertiary/aromatic N) is 2. The minimum absolute atomic E-state index is 0.0295. The zero-order valence-electron chi connectivity index (χ0n) is 22.2. The Bertz CT molecular complexity index is 1700. The van der Waals surface area contributed by atoms with E-state index in [0.717, 1.165) is 28.8 Å². The van der Waals surface area contributed by atoms with Gasteiger partial charge in [-0.25, -0.2) is 17.2 Å². The lowest BCUT2D eigenvalue weighted by Crippen LogP contribution is -2.32. The van der Waals surface area contributed by atoms with Crippen molar-refractivity contribution in [3.63, 3.8) is 0 Å². The van der Waals surface area contributed by atoms with Crippen LogP contribution in [0.2, 0.25) is 10.0 Å².